The van der Waals surface area contributed by atoms with Gasteiger partial charge >= 0.3 is 12.3 Å². The van der Waals surface area contributed by atoms with Gasteiger partial charge in [-0.3, -0.25) is 14.8 Å². The molecule has 0 aliphatic carbocycles. The van der Waals surface area contributed by atoms with E-state index in [2.05, 4.69) is 20.5 Å². The Morgan fingerprint density at radius 2 is 1.71 bits per heavy atom. The fourth-order valence-corrected chi connectivity index (χ4v) is 3.95. The van der Waals surface area contributed by atoms with E-state index >= 15 is 0 Å². The average Bonchev–Trinajstić information content (AvgIpc) is 3.29. The number of hydrogen-bond acceptors (Lipinski definition) is 6. The number of aliphatic carboxylic acids is 1. The van der Waals surface area contributed by atoms with Crippen LogP contribution in [-0.2, 0) is 24.8 Å². The van der Waals surface area contributed by atoms with Crippen molar-refractivity contribution in [2.75, 3.05) is 5.32 Å². The molecule has 0 saturated carbocycles. The molecule has 3 aromatic carbocycles. The molecule has 38 heavy (non-hydrogen) atoms. The van der Waals surface area contributed by atoms with E-state index in [0.29, 0.717) is 34.5 Å². The maximum absolute atomic E-state index is 13.1. The highest BCUT2D eigenvalue weighted by atomic mass is 19.4. The zero-order valence-electron chi connectivity index (χ0n) is 20.2. The monoisotopic (exact) mass is 526 g/mol. The second-order valence-corrected chi connectivity index (χ2v) is 8.52. The van der Waals surface area contributed by atoms with Crippen molar-refractivity contribution in [1.29, 1.82) is 0 Å². The van der Waals surface area contributed by atoms with Crippen LogP contribution in [-0.4, -0.2) is 38.7 Å². The van der Waals surface area contributed by atoms with Gasteiger partial charge < -0.3 is 20.3 Å². The van der Waals surface area contributed by atoms with Gasteiger partial charge in [0.05, 0.1) is 12.6 Å². The van der Waals surface area contributed by atoms with Crippen molar-refractivity contribution >= 4 is 11.7 Å². The van der Waals surface area contributed by atoms with Crippen LogP contribution in [0.5, 0.6) is 5.75 Å². The van der Waals surface area contributed by atoms with Gasteiger partial charge in [-0.05, 0) is 40.5 Å². The van der Waals surface area contributed by atoms with Crippen molar-refractivity contribution in [2.24, 2.45) is 7.05 Å². The zero-order valence-corrected chi connectivity index (χ0v) is 20.2. The van der Waals surface area contributed by atoms with Crippen molar-refractivity contribution in [3.05, 3.63) is 90.3 Å². The molecule has 4 aromatic rings. The van der Waals surface area contributed by atoms with Crippen LogP contribution in [0.25, 0.3) is 22.3 Å². The lowest BCUT2D eigenvalue weighted by atomic mass is 9.95. The Bertz CT molecular complexity index is 1390. The number of rotatable bonds is 10. The maximum Gasteiger partial charge on any atom is 0.573 e. The summed E-state index contributed by atoms with van der Waals surface area (Å²) in [6, 6.07) is 18.0. The Kier molecular flexibility index (Phi) is 7.99. The summed E-state index contributed by atoms with van der Waals surface area (Å²) in [5, 5.41) is 29.1. The Labute approximate surface area is 216 Å². The predicted molar refractivity (Wildman–Crippen MR) is 135 cm³/mol. The fraction of sp³-hybridized carbons (Fsp3) is 0.185. The summed E-state index contributed by atoms with van der Waals surface area (Å²) in [4.78, 5) is 10.8. The molecular weight excluding hydrogens is 501 g/mol. The van der Waals surface area contributed by atoms with E-state index in [9.17, 15) is 23.1 Å². The number of anilines is 1. The molecule has 1 unspecified atom stereocenters. The summed E-state index contributed by atoms with van der Waals surface area (Å²) in [7, 11) is 1.72. The van der Waals surface area contributed by atoms with Gasteiger partial charge in [-0.1, -0.05) is 48.5 Å². The van der Waals surface area contributed by atoms with Gasteiger partial charge in [0.15, 0.2) is 6.35 Å². The number of aryl methyl sites for hydroxylation is 1. The molecule has 1 heterocycles. The van der Waals surface area contributed by atoms with Gasteiger partial charge in [0, 0.05) is 36.6 Å². The highest BCUT2D eigenvalue weighted by Gasteiger charge is 2.33. The quantitative estimate of drug-likeness (QED) is 0.221. The summed E-state index contributed by atoms with van der Waals surface area (Å²) in [5.74, 6) is -1.25. The lowest BCUT2D eigenvalue weighted by Gasteiger charge is -2.18. The lowest BCUT2D eigenvalue weighted by molar-refractivity contribution is -0.274. The van der Waals surface area contributed by atoms with E-state index in [1.165, 1.54) is 12.1 Å². The molecule has 0 saturated heterocycles. The largest absolute Gasteiger partial charge is 0.573 e. The van der Waals surface area contributed by atoms with Crippen LogP contribution >= 0.6 is 0 Å². The minimum absolute atomic E-state index is 0.0651. The van der Waals surface area contributed by atoms with E-state index in [1.807, 2.05) is 0 Å². The van der Waals surface area contributed by atoms with Crippen LogP contribution in [0.3, 0.4) is 0 Å². The minimum Gasteiger partial charge on any atom is -0.481 e. The number of hydrogen-bond donors (Lipinski definition) is 4. The van der Waals surface area contributed by atoms with Crippen molar-refractivity contribution in [1.82, 2.24) is 15.1 Å². The van der Waals surface area contributed by atoms with Crippen molar-refractivity contribution < 1.29 is 32.9 Å². The van der Waals surface area contributed by atoms with Gasteiger partial charge in [-0.2, -0.15) is 5.10 Å². The summed E-state index contributed by atoms with van der Waals surface area (Å²) < 4.78 is 45.3. The highest BCUT2D eigenvalue weighted by molar-refractivity contribution is 5.87. The van der Waals surface area contributed by atoms with Crippen molar-refractivity contribution in [3.63, 3.8) is 0 Å². The SMILES string of the molecule is Cn1cc(-c2cccc(OC(F)(F)F)c2-c2ccc(NC(O)NCc3ccc(CC(=O)O)cc3)cc2)cn1. The molecule has 0 amide bonds. The molecule has 198 valence electrons. The van der Waals surface area contributed by atoms with Crippen LogP contribution in [0.1, 0.15) is 11.1 Å². The smallest absolute Gasteiger partial charge is 0.481 e. The number of carbonyl (C=O) groups is 1. The second-order valence-electron chi connectivity index (χ2n) is 8.52. The number of aromatic nitrogens is 2. The zero-order chi connectivity index (χ0) is 27.3. The normalized spacial score (nSPS) is 12.2. The molecule has 0 aliphatic heterocycles. The van der Waals surface area contributed by atoms with Crippen molar-refractivity contribution in [3.8, 4) is 28.0 Å². The second kappa shape index (κ2) is 11.4. The van der Waals surface area contributed by atoms with Crippen LogP contribution in [0, 0.1) is 0 Å². The summed E-state index contributed by atoms with van der Waals surface area (Å²) >= 11 is 0. The number of alkyl halides is 3. The molecule has 11 heteroatoms. The van der Waals surface area contributed by atoms with Gasteiger partial charge in [-0.25, -0.2) is 0 Å². The number of ether oxygens (including phenoxy) is 1. The van der Waals surface area contributed by atoms with Gasteiger partial charge in [0.2, 0.25) is 0 Å². The fourth-order valence-electron chi connectivity index (χ4n) is 3.95. The van der Waals surface area contributed by atoms with E-state index in [1.54, 1.807) is 78.7 Å². The average molecular weight is 527 g/mol. The molecule has 0 bridgehead atoms. The Hall–Kier alpha value is -4.35. The first-order valence-corrected chi connectivity index (χ1v) is 11.5. The number of nitrogens with one attached hydrogen (secondary N) is 2. The summed E-state index contributed by atoms with van der Waals surface area (Å²) in [6.45, 7) is 0.316. The summed E-state index contributed by atoms with van der Waals surface area (Å²) in [5.41, 5.74) is 3.95. The molecule has 0 spiro atoms. The molecule has 1 atom stereocenters. The first kappa shape index (κ1) is 26.7. The van der Waals surface area contributed by atoms with Crippen molar-refractivity contribution in [2.45, 2.75) is 25.7 Å². The van der Waals surface area contributed by atoms with Crippen LogP contribution in [0.15, 0.2) is 79.1 Å². The van der Waals surface area contributed by atoms with E-state index < -0.39 is 18.7 Å². The standard InChI is InChI=1S/C27H25F3N4O4/c1-34-16-20(15-32-34)22-3-2-4-23(38-27(28,29)30)25(22)19-9-11-21(12-10-19)33-26(37)31-14-18-7-5-17(6-8-18)13-24(35)36/h2-12,15-16,26,31,33,37H,13-14H2,1H3,(H,35,36). The first-order chi connectivity index (χ1) is 18.1. The molecule has 4 rings (SSSR count). The molecular formula is C27H25F3N4O4. The van der Waals surface area contributed by atoms with E-state index in [-0.39, 0.29) is 17.7 Å². The lowest BCUT2D eigenvalue weighted by Crippen LogP contribution is -2.35. The third-order valence-corrected chi connectivity index (χ3v) is 5.62. The van der Waals surface area contributed by atoms with Gasteiger partial charge in [-0.15, -0.1) is 13.2 Å². The molecule has 1 aromatic heterocycles. The molecule has 0 fully saturated rings. The topological polar surface area (TPSA) is 109 Å². The van der Waals surface area contributed by atoms with Gasteiger partial charge in [0.1, 0.15) is 5.75 Å². The number of benzene rings is 3. The molecule has 0 radical (unpaired) electrons. The van der Waals surface area contributed by atoms with Crippen LogP contribution in [0.4, 0.5) is 18.9 Å². The van der Waals surface area contributed by atoms with Crippen LogP contribution < -0.4 is 15.4 Å². The molecule has 8 nitrogen and oxygen atoms in total. The molecule has 4 N–H and O–H groups in total. The Morgan fingerprint density at radius 1 is 1.03 bits per heavy atom. The first-order valence-electron chi connectivity index (χ1n) is 11.5. The van der Waals surface area contributed by atoms with Gasteiger partial charge in [0.25, 0.3) is 0 Å². The van der Waals surface area contributed by atoms with E-state index in [0.717, 1.165) is 5.56 Å². The number of halogens is 3. The number of nitrogens with zero attached hydrogens (tertiary/aromatic N) is 2. The minimum atomic E-state index is -4.86. The molecule has 0 aliphatic rings. The van der Waals surface area contributed by atoms with E-state index in [4.69, 9.17) is 5.11 Å². The third kappa shape index (κ3) is 7.11. The Morgan fingerprint density at radius 3 is 2.32 bits per heavy atom. The third-order valence-electron chi connectivity index (χ3n) is 5.62. The number of aliphatic hydroxyl groups excluding tert-OH is 1. The predicted octanol–water partition coefficient (Wildman–Crippen LogP) is 4.76. The number of carboxylic acid groups (broad SMARTS) is 1. The number of aliphatic hydroxyl groups is 1. The highest BCUT2D eigenvalue weighted by Crippen LogP contribution is 2.41. The Balaban J connectivity index is 1.48. The summed E-state index contributed by atoms with van der Waals surface area (Å²) in [6.07, 6.45) is -2.78. The number of carboxylic acids is 1. The maximum atomic E-state index is 13.1. The van der Waals surface area contributed by atoms with Crippen LogP contribution in [0.2, 0.25) is 0 Å².